The minimum Gasteiger partial charge on any atom is -0.314 e. The summed E-state index contributed by atoms with van der Waals surface area (Å²) in [5, 5.41) is 7.07. The zero-order valence-corrected chi connectivity index (χ0v) is 11.1. The molecule has 18 heavy (non-hydrogen) atoms. The second-order valence-electron chi connectivity index (χ2n) is 4.99. The molecule has 1 heterocycles. The third kappa shape index (κ3) is 4.01. The molecule has 0 bridgehead atoms. The monoisotopic (exact) mass is 263 g/mol. The summed E-state index contributed by atoms with van der Waals surface area (Å²) < 4.78 is 38.7. The number of nitrogens with one attached hydrogen (secondary N) is 1. The quantitative estimate of drug-likeness (QED) is 0.884. The van der Waals surface area contributed by atoms with E-state index in [-0.39, 0.29) is 12.0 Å². The van der Waals surface area contributed by atoms with Gasteiger partial charge in [0.2, 0.25) is 0 Å². The van der Waals surface area contributed by atoms with E-state index in [0.717, 1.165) is 18.9 Å². The van der Waals surface area contributed by atoms with E-state index in [1.165, 1.54) is 4.68 Å². The first kappa shape index (κ1) is 15.0. The summed E-state index contributed by atoms with van der Waals surface area (Å²) >= 11 is 0. The Hall–Kier alpha value is -1.04. The van der Waals surface area contributed by atoms with Gasteiger partial charge in [0.05, 0.1) is 17.8 Å². The average molecular weight is 263 g/mol. The molecule has 1 N–H and O–H groups in total. The van der Waals surface area contributed by atoms with E-state index < -0.39 is 11.7 Å². The zero-order valence-electron chi connectivity index (χ0n) is 11.1. The van der Waals surface area contributed by atoms with E-state index >= 15 is 0 Å². The molecule has 2 atom stereocenters. The minimum absolute atomic E-state index is 0.0765. The van der Waals surface area contributed by atoms with Gasteiger partial charge in [-0.15, -0.1) is 0 Å². The fourth-order valence-corrected chi connectivity index (χ4v) is 1.56. The first-order chi connectivity index (χ1) is 8.21. The number of aromatic nitrogens is 2. The van der Waals surface area contributed by atoms with Crippen LogP contribution in [0.15, 0.2) is 12.4 Å². The number of hydrogen-bond acceptors (Lipinski definition) is 2. The first-order valence-corrected chi connectivity index (χ1v) is 6.06. The number of alkyl halides is 3. The molecule has 0 aliphatic carbocycles. The maximum Gasteiger partial charge on any atom is 0.419 e. The molecule has 0 aliphatic heterocycles. The molecule has 0 spiro atoms. The molecule has 0 saturated heterocycles. The highest BCUT2D eigenvalue weighted by Gasteiger charge is 2.32. The van der Waals surface area contributed by atoms with Crippen LogP contribution in [0.3, 0.4) is 0 Å². The first-order valence-electron chi connectivity index (χ1n) is 6.06. The molecule has 3 nitrogen and oxygen atoms in total. The van der Waals surface area contributed by atoms with Gasteiger partial charge in [0.1, 0.15) is 0 Å². The molecule has 1 rings (SSSR count). The van der Waals surface area contributed by atoms with E-state index in [1.807, 2.05) is 27.7 Å². The standard InChI is InChI=1S/C12H20F3N3/c1-8(2)16-5-9(3)10(4)18-7-11(6-17-18)12(13,14)15/h6-10,16H,5H2,1-4H3. The third-order valence-corrected chi connectivity index (χ3v) is 3.02. The fourth-order valence-electron chi connectivity index (χ4n) is 1.56. The van der Waals surface area contributed by atoms with Crippen LogP contribution in [0.1, 0.15) is 39.3 Å². The van der Waals surface area contributed by atoms with Crippen molar-refractivity contribution in [3.05, 3.63) is 18.0 Å². The Balaban J connectivity index is 2.66. The van der Waals surface area contributed by atoms with Crippen molar-refractivity contribution in [2.75, 3.05) is 6.54 Å². The Morgan fingerprint density at radius 3 is 2.33 bits per heavy atom. The predicted molar refractivity (Wildman–Crippen MR) is 64.2 cm³/mol. The van der Waals surface area contributed by atoms with Gasteiger partial charge in [0.25, 0.3) is 0 Å². The van der Waals surface area contributed by atoms with Gasteiger partial charge >= 0.3 is 6.18 Å². The zero-order chi connectivity index (χ0) is 13.9. The summed E-state index contributed by atoms with van der Waals surface area (Å²) in [6.07, 6.45) is -2.38. The van der Waals surface area contributed by atoms with Gasteiger partial charge in [0.15, 0.2) is 0 Å². The summed E-state index contributed by atoms with van der Waals surface area (Å²) in [6, 6.07) is 0.287. The van der Waals surface area contributed by atoms with Gasteiger partial charge in [-0.2, -0.15) is 18.3 Å². The Morgan fingerprint density at radius 2 is 1.89 bits per heavy atom. The van der Waals surface area contributed by atoms with Gasteiger partial charge in [-0.3, -0.25) is 4.68 Å². The highest BCUT2D eigenvalue weighted by atomic mass is 19.4. The van der Waals surface area contributed by atoms with Crippen molar-refractivity contribution in [2.24, 2.45) is 5.92 Å². The van der Waals surface area contributed by atoms with Crippen LogP contribution >= 0.6 is 0 Å². The van der Waals surface area contributed by atoms with Gasteiger partial charge in [-0.05, 0) is 19.4 Å². The molecule has 0 amide bonds. The Labute approximate surface area is 105 Å². The van der Waals surface area contributed by atoms with Crippen LogP contribution < -0.4 is 5.32 Å². The van der Waals surface area contributed by atoms with Gasteiger partial charge in [-0.1, -0.05) is 20.8 Å². The summed E-state index contributed by atoms with van der Waals surface area (Å²) in [4.78, 5) is 0. The SMILES string of the molecule is CC(C)NCC(C)C(C)n1cc(C(F)(F)F)cn1. The normalized spacial score (nSPS) is 16.0. The molecular formula is C12H20F3N3. The van der Waals surface area contributed by atoms with Crippen LogP contribution in [0, 0.1) is 5.92 Å². The number of nitrogens with zero attached hydrogens (tertiary/aromatic N) is 2. The van der Waals surface area contributed by atoms with Gasteiger partial charge in [0, 0.05) is 12.2 Å². The lowest BCUT2D eigenvalue weighted by Gasteiger charge is -2.22. The maximum atomic E-state index is 12.5. The second kappa shape index (κ2) is 5.73. The fraction of sp³-hybridized carbons (Fsp3) is 0.750. The molecule has 1 aromatic heterocycles. The number of rotatable bonds is 5. The van der Waals surface area contributed by atoms with Crippen LogP contribution in [0.5, 0.6) is 0 Å². The topological polar surface area (TPSA) is 29.9 Å². The average Bonchev–Trinajstić information content (AvgIpc) is 2.73. The molecule has 104 valence electrons. The molecule has 2 unspecified atom stereocenters. The van der Waals surface area contributed by atoms with Crippen LogP contribution in [0.4, 0.5) is 13.2 Å². The van der Waals surface area contributed by atoms with Crippen molar-refractivity contribution in [1.82, 2.24) is 15.1 Å². The Morgan fingerprint density at radius 1 is 1.28 bits per heavy atom. The van der Waals surface area contributed by atoms with Crippen LogP contribution in [-0.2, 0) is 6.18 Å². The summed E-state index contributed by atoms with van der Waals surface area (Å²) in [6.45, 7) is 8.69. The van der Waals surface area contributed by atoms with Crippen molar-refractivity contribution in [2.45, 2.75) is 46.0 Å². The van der Waals surface area contributed by atoms with Crippen molar-refractivity contribution < 1.29 is 13.2 Å². The van der Waals surface area contributed by atoms with Crippen molar-refractivity contribution in [3.63, 3.8) is 0 Å². The lowest BCUT2D eigenvalue weighted by Crippen LogP contribution is -2.31. The molecule has 0 fully saturated rings. The third-order valence-electron chi connectivity index (χ3n) is 3.02. The summed E-state index contributed by atoms with van der Waals surface area (Å²) in [7, 11) is 0. The molecule has 6 heteroatoms. The molecule has 0 saturated carbocycles. The minimum atomic E-state index is -4.32. The molecule has 0 aliphatic rings. The van der Waals surface area contributed by atoms with Gasteiger partial charge < -0.3 is 5.32 Å². The lowest BCUT2D eigenvalue weighted by atomic mass is 10.0. The van der Waals surface area contributed by atoms with E-state index in [1.54, 1.807) is 0 Å². The highest BCUT2D eigenvalue weighted by Crippen LogP contribution is 2.29. The lowest BCUT2D eigenvalue weighted by molar-refractivity contribution is -0.137. The Bertz CT molecular complexity index is 371. The van der Waals surface area contributed by atoms with Crippen molar-refractivity contribution >= 4 is 0 Å². The molecule has 0 radical (unpaired) electrons. The summed E-state index contributed by atoms with van der Waals surface area (Å²) in [5.41, 5.74) is -0.696. The van der Waals surface area contributed by atoms with Crippen molar-refractivity contribution in [3.8, 4) is 0 Å². The predicted octanol–water partition coefficient (Wildman–Crippen LogP) is 3.10. The molecule has 1 aromatic rings. The molecule has 0 aromatic carbocycles. The van der Waals surface area contributed by atoms with Crippen molar-refractivity contribution in [1.29, 1.82) is 0 Å². The largest absolute Gasteiger partial charge is 0.419 e. The van der Waals surface area contributed by atoms with E-state index in [0.29, 0.717) is 6.04 Å². The van der Waals surface area contributed by atoms with E-state index in [9.17, 15) is 13.2 Å². The van der Waals surface area contributed by atoms with E-state index in [4.69, 9.17) is 0 Å². The van der Waals surface area contributed by atoms with E-state index in [2.05, 4.69) is 10.4 Å². The second-order valence-corrected chi connectivity index (χ2v) is 4.99. The van der Waals surface area contributed by atoms with Crippen LogP contribution in [0.2, 0.25) is 0 Å². The highest BCUT2D eigenvalue weighted by molar-refractivity contribution is 5.08. The van der Waals surface area contributed by atoms with Gasteiger partial charge in [-0.25, -0.2) is 0 Å². The molecular weight excluding hydrogens is 243 g/mol. The number of halogens is 3. The van der Waals surface area contributed by atoms with Crippen LogP contribution in [-0.4, -0.2) is 22.4 Å². The Kier molecular flexibility index (Phi) is 4.78. The summed E-state index contributed by atoms with van der Waals surface area (Å²) in [5.74, 6) is 0.202. The number of hydrogen-bond donors (Lipinski definition) is 1. The maximum absolute atomic E-state index is 12.5. The van der Waals surface area contributed by atoms with Crippen LogP contribution in [0.25, 0.3) is 0 Å². The smallest absolute Gasteiger partial charge is 0.314 e.